The number of thiol groups is 1. The van der Waals surface area contributed by atoms with Crippen LogP contribution in [-0.4, -0.2) is 72.4 Å². The van der Waals surface area contributed by atoms with E-state index in [4.69, 9.17) is 22.2 Å². The fourth-order valence-corrected chi connectivity index (χ4v) is 1.10. The summed E-state index contributed by atoms with van der Waals surface area (Å²) in [5.41, 5.74) is 0. The number of hydrogen-bond donors (Lipinski definition) is 3. The lowest BCUT2D eigenvalue weighted by molar-refractivity contribution is -0.118. The monoisotopic (exact) mass is 276 g/mol. The molecular weight excluding hydrogens is 255 g/mol. The third-order valence-corrected chi connectivity index (χ3v) is 2.13. The number of carbonyl (C=O) groups excluding carboxylic acids is 1. The number of rotatable bonds is 13. The predicted octanol–water partition coefficient (Wildman–Crippen LogP) is -1.24. The fraction of sp³-hybridized carbons (Fsp3) is 0.900. The molecule has 0 fully saturated rings. The molecule has 6 nitrogen and oxygen atoms in total. The van der Waals surface area contributed by atoms with E-state index in [-0.39, 0.29) is 11.7 Å². The van der Waals surface area contributed by atoms with E-state index in [1.54, 1.807) is 0 Å². The van der Waals surface area contributed by atoms with E-state index in [1.165, 1.54) is 0 Å². The smallest absolute Gasteiger partial charge is 0.229 e. The maximum absolute atomic E-state index is 10.8. The van der Waals surface area contributed by atoms with Gasteiger partial charge in [-0.3, -0.25) is 4.79 Å². The number of ether oxygens (including phenoxy) is 3. The van der Waals surface area contributed by atoms with Crippen LogP contribution in [0.25, 0.3) is 0 Å². The Balaban J connectivity index is 2.97. The molecule has 8 heteroatoms. The van der Waals surface area contributed by atoms with E-state index in [9.17, 15) is 4.79 Å². The summed E-state index contributed by atoms with van der Waals surface area (Å²) < 4.78 is 15.7. The standard InChI is InChI=1S/C10H21BN2O4S/c11-13-2-4-16-6-8-17-7-5-15-3-1-12-10(14)9-18/h13,18H,1-9H2,(H,12,14). The molecule has 0 saturated carbocycles. The maximum Gasteiger partial charge on any atom is 0.229 e. The molecule has 1 amide bonds. The Morgan fingerprint density at radius 2 is 1.44 bits per heavy atom. The van der Waals surface area contributed by atoms with Gasteiger partial charge >= 0.3 is 0 Å². The third kappa shape index (κ3) is 13.8. The topological polar surface area (TPSA) is 68.8 Å². The van der Waals surface area contributed by atoms with E-state index >= 15 is 0 Å². The van der Waals surface area contributed by atoms with Gasteiger partial charge in [0.05, 0.1) is 45.4 Å². The molecule has 0 aliphatic heterocycles. The molecule has 2 radical (unpaired) electrons. The summed E-state index contributed by atoms with van der Waals surface area (Å²) in [4.78, 5) is 10.8. The number of nitrogens with one attached hydrogen (secondary N) is 2. The number of amides is 1. The van der Waals surface area contributed by atoms with Gasteiger partial charge in [0.1, 0.15) is 0 Å². The van der Waals surface area contributed by atoms with Crippen LogP contribution in [0.5, 0.6) is 0 Å². The zero-order chi connectivity index (χ0) is 13.5. The Morgan fingerprint density at radius 3 is 1.94 bits per heavy atom. The van der Waals surface area contributed by atoms with Gasteiger partial charge in [0, 0.05) is 13.1 Å². The molecule has 104 valence electrons. The van der Waals surface area contributed by atoms with Crippen LogP contribution in [0.1, 0.15) is 0 Å². The Labute approximate surface area is 115 Å². The lowest BCUT2D eigenvalue weighted by Gasteiger charge is -2.07. The van der Waals surface area contributed by atoms with Gasteiger partial charge in [-0.05, 0) is 0 Å². The van der Waals surface area contributed by atoms with Gasteiger partial charge < -0.3 is 24.8 Å². The van der Waals surface area contributed by atoms with E-state index in [0.717, 1.165) is 0 Å². The maximum atomic E-state index is 10.8. The van der Waals surface area contributed by atoms with Crippen LogP contribution < -0.4 is 10.5 Å². The minimum atomic E-state index is -0.0951. The van der Waals surface area contributed by atoms with Crippen molar-refractivity contribution in [1.82, 2.24) is 10.5 Å². The van der Waals surface area contributed by atoms with Crippen molar-refractivity contribution in [3.8, 4) is 0 Å². The molecule has 0 aliphatic carbocycles. The SMILES string of the molecule is [B]NCCOCCOCCOCCNC(=O)CS. The first-order valence-corrected chi connectivity index (χ1v) is 6.48. The van der Waals surface area contributed by atoms with Crippen molar-refractivity contribution >= 4 is 26.5 Å². The van der Waals surface area contributed by atoms with Crippen molar-refractivity contribution in [3.63, 3.8) is 0 Å². The minimum absolute atomic E-state index is 0.0951. The molecule has 0 saturated heterocycles. The highest BCUT2D eigenvalue weighted by atomic mass is 32.1. The molecule has 0 spiro atoms. The molecule has 0 atom stereocenters. The highest BCUT2D eigenvalue weighted by Gasteiger charge is 1.95. The summed E-state index contributed by atoms with van der Waals surface area (Å²) in [5.74, 6) is 0.102. The Hall–Kier alpha value is -0.275. The van der Waals surface area contributed by atoms with Crippen LogP contribution in [0, 0.1) is 0 Å². The van der Waals surface area contributed by atoms with Crippen LogP contribution in [0.15, 0.2) is 0 Å². The second-order valence-electron chi connectivity index (χ2n) is 3.30. The largest absolute Gasteiger partial charge is 0.378 e. The summed E-state index contributed by atoms with van der Waals surface area (Å²) in [7, 11) is 5.07. The number of hydrogen-bond acceptors (Lipinski definition) is 6. The van der Waals surface area contributed by atoms with Crippen molar-refractivity contribution in [3.05, 3.63) is 0 Å². The molecule has 0 bridgehead atoms. The first-order chi connectivity index (χ1) is 8.81. The van der Waals surface area contributed by atoms with Crippen molar-refractivity contribution in [1.29, 1.82) is 0 Å². The van der Waals surface area contributed by atoms with Gasteiger partial charge in [0.15, 0.2) is 7.98 Å². The summed E-state index contributed by atoms with van der Waals surface area (Å²) in [6.45, 7) is 4.25. The van der Waals surface area contributed by atoms with E-state index in [1.807, 2.05) is 0 Å². The molecule has 2 N–H and O–H groups in total. The Kier molecular flexibility index (Phi) is 14.6. The normalized spacial score (nSPS) is 10.5. The highest BCUT2D eigenvalue weighted by molar-refractivity contribution is 7.81. The Morgan fingerprint density at radius 1 is 0.944 bits per heavy atom. The molecule has 0 rings (SSSR count). The quantitative estimate of drug-likeness (QED) is 0.223. The van der Waals surface area contributed by atoms with Crippen molar-refractivity contribution in [2.24, 2.45) is 0 Å². The van der Waals surface area contributed by atoms with Gasteiger partial charge in [-0.2, -0.15) is 12.6 Å². The Bertz CT molecular complexity index is 201. The van der Waals surface area contributed by atoms with Crippen LogP contribution in [0.2, 0.25) is 0 Å². The summed E-state index contributed by atoms with van der Waals surface area (Å²) in [6, 6.07) is 0. The predicted molar refractivity (Wildman–Crippen MR) is 73.1 cm³/mol. The molecule has 0 aliphatic rings. The fourth-order valence-electron chi connectivity index (χ4n) is 0.992. The molecule has 0 aromatic heterocycles. The van der Waals surface area contributed by atoms with Crippen molar-refractivity contribution < 1.29 is 19.0 Å². The van der Waals surface area contributed by atoms with Crippen LogP contribution >= 0.6 is 12.6 Å². The van der Waals surface area contributed by atoms with E-state index < -0.39 is 0 Å². The van der Waals surface area contributed by atoms with Gasteiger partial charge in [-0.25, -0.2) is 0 Å². The number of carbonyl (C=O) groups is 1. The summed E-state index contributed by atoms with van der Waals surface area (Å²) in [6.07, 6.45) is 0. The zero-order valence-electron chi connectivity index (χ0n) is 10.5. The minimum Gasteiger partial charge on any atom is -0.378 e. The molecular formula is C10H21BN2O4S. The van der Waals surface area contributed by atoms with Gasteiger partial charge in [0.2, 0.25) is 5.91 Å². The summed E-state index contributed by atoms with van der Waals surface area (Å²) in [5, 5.41) is 5.14. The molecule has 0 unspecified atom stereocenters. The lowest BCUT2D eigenvalue weighted by atomic mass is 10.4. The zero-order valence-corrected chi connectivity index (χ0v) is 11.4. The van der Waals surface area contributed by atoms with Crippen LogP contribution in [0.3, 0.4) is 0 Å². The first-order valence-electron chi connectivity index (χ1n) is 5.85. The molecule has 0 heterocycles. The highest BCUT2D eigenvalue weighted by Crippen LogP contribution is 1.81. The first kappa shape index (κ1) is 17.7. The van der Waals surface area contributed by atoms with E-state index in [0.29, 0.717) is 52.7 Å². The van der Waals surface area contributed by atoms with Crippen LogP contribution in [0.4, 0.5) is 0 Å². The second-order valence-corrected chi connectivity index (χ2v) is 3.62. The molecule has 0 aromatic rings. The van der Waals surface area contributed by atoms with E-state index in [2.05, 4.69) is 23.2 Å². The van der Waals surface area contributed by atoms with Gasteiger partial charge in [0.25, 0.3) is 0 Å². The molecule has 18 heavy (non-hydrogen) atoms. The van der Waals surface area contributed by atoms with Gasteiger partial charge in [-0.15, -0.1) is 0 Å². The van der Waals surface area contributed by atoms with Crippen molar-refractivity contribution in [2.75, 3.05) is 58.5 Å². The average Bonchev–Trinajstić information content (AvgIpc) is 2.39. The lowest BCUT2D eigenvalue weighted by Crippen LogP contribution is -2.28. The van der Waals surface area contributed by atoms with Crippen LogP contribution in [-0.2, 0) is 19.0 Å². The third-order valence-electron chi connectivity index (χ3n) is 1.85. The molecule has 0 aromatic carbocycles. The van der Waals surface area contributed by atoms with Gasteiger partial charge in [-0.1, -0.05) is 0 Å². The average molecular weight is 276 g/mol. The van der Waals surface area contributed by atoms with Crippen molar-refractivity contribution in [2.45, 2.75) is 0 Å². The second kappa shape index (κ2) is 14.8. The summed E-state index contributed by atoms with van der Waals surface area (Å²) >= 11 is 3.83.